The standard InChI is InChI=1S/C12H14FN3S/c1-2-14-8-9-5-10(13)7-11(6-9)17-12-15-3-4-16-12/h3-7,14H,2,8H2,1H3,(H,15,16). The number of H-pyrrole nitrogens is 1. The van der Waals surface area contributed by atoms with E-state index < -0.39 is 0 Å². The zero-order valence-electron chi connectivity index (χ0n) is 9.53. The monoisotopic (exact) mass is 251 g/mol. The zero-order valence-corrected chi connectivity index (χ0v) is 10.4. The normalized spacial score (nSPS) is 10.7. The molecular formula is C12H14FN3S. The molecule has 0 aliphatic rings. The lowest BCUT2D eigenvalue weighted by atomic mass is 10.2. The first-order chi connectivity index (χ1) is 8.28. The van der Waals surface area contributed by atoms with Crippen molar-refractivity contribution in [2.45, 2.75) is 23.5 Å². The Balaban J connectivity index is 2.13. The van der Waals surface area contributed by atoms with Crippen LogP contribution in [0, 0.1) is 5.82 Å². The van der Waals surface area contributed by atoms with Gasteiger partial charge in [0.25, 0.3) is 0 Å². The highest BCUT2D eigenvalue weighted by atomic mass is 32.2. The van der Waals surface area contributed by atoms with Gasteiger partial charge in [-0.05, 0) is 30.3 Å². The van der Waals surface area contributed by atoms with E-state index in [1.807, 2.05) is 13.0 Å². The van der Waals surface area contributed by atoms with Gasteiger partial charge in [-0.3, -0.25) is 0 Å². The number of halogens is 1. The Labute approximate surface area is 104 Å². The third-order valence-electron chi connectivity index (χ3n) is 2.20. The minimum Gasteiger partial charge on any atom is -0.339 e. The smallest absolute Gasteiger partial charge is 0.170 e. The summed E-state index contributed by atoms with van der Waals surface area (Å²) in [4.78, 5) is 7.94. The number of rotatable bonds is 5. The van der Waals surface area contributed by atoms with Gasteiger partial charge in [-0.15, -0.1) is 0 Å². The van der Waals surface area contributed by atoms with Crippen LogP contribution in [0.1, 0.15) is 12.5 Å². The molecule has 1 heterocycles. The zero-order chi connectivity index (χ0) is 12.1. The maximum absolute atomic E-state index is 13.4. The molecule has 0 bridgehead atoms. The Bertz CT molecular complexity index is 471. The molecule has 0 aliphatic heterocycles. The van der Waals surface area contributed by atoms with E-state index in [-0.39, 0.29) is 5.82 Å². The van der Waals surface area contributed by atoms with Crippen molar-refractivity contribution in [3.05, 3.63) is 42.0 Å². The summed E-state index contributed by atoms with van der Waals surface area (Å²) in [6, 6.07) is 5.04. The minimum atomic E-state index is -0.213. The summed E-state index contributed by atoms with van der Waals surface area (Å²) in [6.07, 6.45) is 3.43. The lowest BCUT2D eigenvalue weighted by molar-refractivity contribution is 0.617. The molecule has 5 heteroatoms. The molecular weight excluding hydrogens is 237 g/mol. The summed E-state index contributed by atoms with van der Waals surface area (Å²) in [7, 11) is 0. The number of nitrogens with one attached hydrogen (secondary N) is 2. The van der Waals surface area contributed by atoms with Crippen molar-refractivity contribution in [3.8, 4) is 0 Å². The predicted octanol–water partition coefficient (Wildman–Crippen LogP) is 2.81. The Kier molecular flexibility index (Phi) is 4.17. The van der Waals surface area contributed by atoms with E-state index in [1.165, 1.54) is 17.8 Å². The van der Waals surface area contributed by atoms with E-state index in [0.29, 0.717) is 6.54 Å². The van der Waals surface area contributed by atoms with Crippen molar-refractivity contribution >= 4 is 11.8 Å². The van der Waals surface area contributed by atoms with Crippen molar-refractivity contribution in [1.82, 2.24) is 15.3 Å². The van der Waals surface area contributed by atoms with Gasteiger partial charge in [-0.2, -0.15) is 0 Å². The molecule has 0 aliphatic carbocycles. The Morgan fingerprint density at radius 2 is 2.29 bits per heavy atom. The van der Waals surface area contributed by atoms with Gasteiger partial charge in [0.05, 0.1) is 0 Å². The predicted molar refractivity (Wildman–Crippen MR) is 66.5 cm³/mol. The molecule has 17 heavy (non-hydrogen) atoms. The van der Waals surface area contributed by atoms with Gasteiger partial charge in [0.2, 0.25) is 0 Å². The molecule has 0 atom stereocenters. The average molecular weight is 251 g/mol. The quantitative estimate of drug-likeness (QED) is 0.858. The van der Waals surface area contributed by atoms with Crippen LogP contribution in [0.2, 0.25) is 0 Å². The van der Waals surface area contributed by atoms with E-state index in [0.717, 1.165) is 22.2 Å². The number of benzene rings is 1. The molecule has 0 saturated carbocycles. The Morgan fingerprint density at radius 1 is 1.41 bits per heavy atom. The first-order valence-corrected chi connectivity index (χ1v) is 6.27. The fourth-order valence-electron chi connectivity index (χ4n) is 1.47. The molecule has 1 aromatic heterocycles. The second kappa shape index (κ2) is 5.84. The first kappa shape index (κ1) is 12.1. The summed E-state index contributed by atoms with van der Waals surface area (Å²) in [5.74, 6) is -0.213. The van der Waals surface area contributed by atoms with Crippen LogP contribution in [0.25, 0.3) is 0 Å². The molecule has 2 N–H and O–H groups in total. The third-order valence-corrected chi connectivity index (χ3v) is 3.09. The van der Waals surface area contributed by atoms with E-state index >= 15 is 0 Å². The summed E-state index contributed by atoms with van der Waals surface area (Å²) in [5.41, 5.74) is 0.945. The summed E-state index contributed by atoms with van der Waals surface area (Å²) >= 11 is 1.42. The van der Waals surface area contributed by atoms with Crippen LogP contribution in [0.4, 0.5) is 4.39 Å². The summed E-state index contributed by atoms with van der Waals surface area (Å²) in [5, 5.41) is 3.95. The van der Waals surface area contributed by atoms with Gasteiger partial charge in [-0.1, -0.05) is 18.7 Å². The van der Waals surface area contributed by atoms with Crippen molar-refractivity contribution < 1.29 is 4.39 Å². The highest BCUT2D eigenvalue weighted by molar-refractivity contribution is 7.99. The van der Waals surface area contributed by atoms with E-state index in [4.69, 9.17) is 0 Å². The second-order valence-corrected chi connectivity index (χ2v) is 4.63. The molecule has 0 fully saturated rings. The molecule has 3 nitrogen and oxygen atoms in total. The molecule has 90 valence electrons. The number of imidazole rings is 1. The van der Waals surface area contributed by atoms with E-state index in [1.54, 1.807) is 18.5 Å². The van der Waals surface area contributed by atoms with Crippen LogP contribution < -0.4 is 5.32 Å². The van der Waals surface area contributed by atoms with Gasteiger partial charge in [0.1, 0.15) is 5.82 Å². The maximum atomic E-state index is 13.4. The molecule has 0 radical (unpaired) electrons. The Morgan fingerprint density at radius 3 is 3.00 bits per heavy atom. The Hall–Kier alpha value is -1.33. The van der Waals surface area contributed by atoms with Crippen molar-refractivity contribution in [2.24, 2.45) is 0 Å². The SMILES string of the molecule is CCNCc1cc(F)cc(Sc2ncc[nH]2)c1. The van der Waals surface area contributed by atoms with Gasteiger partial charge in [0.15, 0.2) is 5.16 Å². The lowest BCUT2D eigenvalue weighted by Gasteiger charge is -2.05. The molecule has 0 saturated heterocycles. The highest BCUT2D eigenvalue weighted by Gasteiger charge is 2.04. The van der Waals surface area contributed by atoms with Crippen molar-refractivity contribution in [2.75, 3.05) is 6.54 Å². The number of aromatic amines is 1. The van der Waals surface area contributed by atoms with Crippen LogP contribution in [0.3, 0.4) is 0 Å². The molecule has 0 unspecified atom stereocenters. The third kappa shape index (κ3) is 3.57. The van der Waals surface area contributed by atoms with Crippen molar-refractivity contribution in [1.29, 1.82) is 0 Å². The molecule has 1 aromatic carbocycles. The molecule has 0 spiro atoms. The first-order valence-electron chi connectivity index (χ1n) is 5.45. The minimum absolute atomic E-state index is 0.213. The summed E-state index contributed by atoms with van der Waals surface area (Å²) < 4.78 is 13.4. The molecule has 2 rings (SSSR count). The van der Waals surface area contributed by atoms with Gasteiger partial charge in [-0.25, -0.2) is 9.37 Å². The van der Waals surface area contributed by atoms with E-state index in [9.17, 15) is 4.39 Å². The summed E-state index contributed by atoms with van der Waals surface area (Å²) in [6.45, 7) is 3.58. The second-order valence-electron chi connectivity index (χ2n) is 3.57. The number of nitrogens with zero attached hydrogens (tertiary/aromatic N) is 1. The van der Waals surface area contributed by atoms with Gasteiger partial charge in [0, 0.05) is 23.8 Å². The van der Waals surface area contributed by atoms with Crippen LogP contribution >= 0.6 is 11.8 Å². The highest BCUT2D eigenvalue weighted by Crippen LogP contribution is 2.26. The largest absolute Gasteiger partial charge is 0.339 e. The van der Waals surface area contributed by atoms with Gasteiger partial charge < -0.3 is 10.3 Å². The maximum Gasteiger partial charge on any atom is 0.170 e. The average Bonchev–Trinajstić information content (AvgIpc) is 2.78. The number of aromatic nitrogens is 2. The van der Waals surface area contributed by atoms with Crippen LogP contribution in [0.15, 0.2) is 40.6 Å². The van der Waals surface area contributed by atoms with Crippen LogP contribution in [-0.2, 0) is 6.54 Å². The van der Waals surface area contributed by atoms with Crippen LogP contribution in [0.5, 0.6) is 0 Å². The van der Waals surface area contributed by atoms with Crippen molar-refractivity contribution in [3.63, 3.8) is 0 Å². The fourth-order valence-corrected chi connectivity index (χ4v) is 2.31. The number of hydrogen-bond donors (Lipinski definition) is 2. The van der Waals surface area contributed by atoms with Gasteiger partial charge >= 0.3 is 0 Å². The fraction of sp³-hybridized carbons (Fsp3) is 0.250. The molecule has 2 aromatic rings. The topological polar surface area (TPSA) is 40.7 Å². The van der Waals surface area contributed by atoms with Crippen LogP contribution in [-0.4, -0.2) is 16.5 Å². The lowest BCUT2D eigenvalue weighted by Crippen LogP contribution is -2.11. The van der Waals surface area contributed by atoms with E-state index in [2.05, 4.69) is 15.3 Å². The molecule has 0 amide bonds. The number of hydrogen-bond acceptors (Lipinski definition) is 3.